The standard InChI is InChI=1S/C18H23Cl2N3O4/c19-7-9-23(10-8-20)13-3-1-12(2-4-13)11-15(18(26)27)22-17(25)14-5-6-16(24)21-14/h1-4,14-15H,5-11H2,(H,21,24)(H,22,25)(H,26,27)/t14-,15-/m0/s1. The maximum Gasteiger partial charge on any atom is 0.326 e. The van der Waals surface area contributed by atoms with Gasteiger partial charge in [0.1, 0.15) is 12.1 Å². The molecule has 27 heavy (non-hydrogen) atoms. The lowest BCUT2D eigenvalue weighted by Crippen LogP contribution is -2.49. The molecule has 1 heterocycles. The van der Waals surface area contributed by atoms with Gasteiger partial charge < -0.3 is 20.6 Å². The van der Waals surface area contributed by atoms with Crippen molar-refractivity contribution < 1.29 is 19.5 Å². The summed E-state index contributed by atoms with van der Waals surface area (Å²) in [5.74, 6) is -0.841. The molecule has 1 saturated heterocycles. The topological polar surface area (TPSA) is 98.7 Å². The van der Waals surface area contributed by atoms with Crippen LogP contribution in [0.3, 0.4) is 0 Å². The molecule has 2 rings (SSSR count). The van der Waals surface area contributed by atoms with E-state index >= 15 is 0 Å². The molecule has 1 aromatic rings. The Bertz CT molecular complexity index is 663. The average molecular weight is 416 g/mol. The van der Waals surface area contributed by atoms with Gasteiger partial charge in [-0.3, -0.25) is 9.59 Å². The van der Waals surface area contributed by atoms with Gasteiger partial charge in [-0.2, -0.15) is 0 Å². The zero-order valence-electron chi connectivity index (χ0n) is 14.8. The quantitative estimate of drug-likeness (QED) is 0.501. The Morgan fingerprint density at radius 3 is 2.33 bits per heavy atom. The second-order valence-corrected chi connectivity index (χ2v) is 7.05. The number of rotatable bonds is 10. The number of amides is 2. The van der Waals surface area contributed by atoms with E-state index in [4.69, 9.17) is 23.2 Å². The predicted molar refractivity (Wildman–Crippen MR) is 105 cm³/mol. The Morgan fingerprint density at radius 2 is 1.85 bits per heavy atom. The van der Waals surface area contributed by atoms with Crippen LogP contribution in [0.25, 0.3) is 0 Å². The largest absolute Gasteiger partial charge is 0.480 e. The number of carbonyl (C=O) groups excluding carboxylic acids is 2. The van der Waals surface area contributed by atoms with Crippen molar-refractivity contribution in [3.05, 3.63) is 29.8 Å². The van der Waals surface area contributed by atoms with Gasteiger partial charge in [0.25, 0.3) is 0 Å². The van der Waals surface area contributed by atoms with Crippen molar-refractivity contribution in [3.63, 3.8) is 0 Å². The minimum Gasteiger partial charge on any atom is -0.480 e. The number of nitrogens with one attached hydrogen (secondary N) is 2. The van der Waals surface area contributed by atoms with Gasteiger partial charge in [0.2, 0.25) is 11.8 Å². The second-order valence-electron chi connectivity index (χ2n) is 6.29. The van der Waals surface area contributed by atoms with Crippen LogP contribution in [0.15, 0.2) is 24.3 Å². The third-order valence-electron chi connectivity index (χ3n) is 4.38. The highest BCUT2D eigenvalue weighted by Gasteiger charge is 2.30. The number of hydrogen-bond acceptors (Lipinski definition) is 4. The molecule has 9 heteroatoms. The van der Waals surface area contributed by atoms with E-state index in [1.165, 1.54) is 0 Å². The number of carbonyl (C=O) groups is 3. The summed E-state index contributed by atoms with van der Waals surface area (Å²) in [5.41, 5.74) is 1.73. The molecule has 1 aliphatic rings. The van der Waals surface area contributed by atoms with Gasteiger partial charge in [-0.25, -0.2) is 4.79 Å². The van der Waals surface area contributed by atoms with Gasteiger partial charge in [0.05, 0.1) is 0 Å². The van der Waals surface area contributed by atoms with E-state index in [0.717, 1.165) is 11.3 Å². The summed E-state index contributed by atoms with van der Waals surface area (Å²) in [7, 11) is 0. The highest BCUT2D eigenvalue weighted by atomic mass is 35.5. The summed E-state index contributed by atoms with van der Waals surface area (Å²) < 4.78 is 0. The molecule has 148 valence electrons. The number of anilines is 1. The van der Waals surface area contributed by atoms with Crippen LogP contribution in [0, 0.1) is 0 Å². The van der Waals surface area contributed by atoms with Gasteiger partial charge in [0, 0.05) is 43.4 Å². The fraction of sp³-hybridized carbons (Fsp3) is 0.500. The number of alkyl halides is 2. The molecule has 1 fully saturated rings. The maximum absolute atomic E-state index is 12.2. The molecule has 2 amide bonds. The first kappa shape index (κ1) is 21.3. The van der Waals surface area contributed by atoms with Crippen molar-refractivity contribution in [1.82, 2.24) is 10.6 Å². The zero-order valence-corrected chi connectivity index (χ0v) is 16.3. The van der Waals surface area contributed by atoms with Crippen molar-refractivity contribution in [3.8, 4) is 0 Å². The van der Waals surface area contributed by atoms with E-state index in [-0.39, 0.29) is 18.7 Å². The first-order chi connectivity index (χ1) is 12.9. The summed E-state index contributed by atoms with van der Waals surface area (Å²) in [6.07, 6.45) is 0.800. The third kappa shape index (κ3) is 6.29. The van der Waals surface area contributed by atoms with Gasteiger partial charge in [0.15, 0.2) is 0 Å². The van der Waals surface area contributed by atoms with Crippen LogP contribution >= 0.6 is 23.2 Å². The molecule has 0 spiro atoms. The fourth-order valence-electron chi connectivity index (χ4n) is 2.94. The molecule has 1 aromatic carbocycles. The molecule has 0 unspecified atom stereocenters. The first-order valence-electron chi connectivity index (χ1n) is 8.73. The SMILES string of the molecule is O=C1CC[C@@H](C(=O)N[C@@H](Cc2ccc(N(CCCl)CCCl)cc2)C(=O)O)N1. The molecule has 1 aliphatic heterocycles. The van der Waals surface area contributed by atoms with Crippen LogP contribution in [0.2, 0.25) is 0 Å². The highest BCUT2D eigenvalue weighted by molar-refractivity contribution is 6.18. The number of benzene rings is 1. The van der Waals surface area contributed by atoms with Crippen molar-refractivity contribution in [1.29, 1.82) is 0 Å². The van der Waals surface area contributed by atoms with Gasteiger partial charge in [-0.1, -0.05) is 12.1 Å². The van der Waals surface area contributed by atoms with E-state index in [1.54, 1.807) is 0 Å². The van der Waals surface area contributed by atoms with E-state index in [1.807, 2.05) is 29.2 Å². The lowest BCUT2D eigenvalue weighted by molar-refractivity contribution is -0.142. The van der Waals surface area contributed by atoms with Gasteiger partial charge in [-0.05, 0) is 24.1 Å². The van der Waals surface area contributed by atoms with Crippen LogP contribution in [0.1, 0.15) is 18.4 Å². The van der Waals surface area contributed by atoms with E-state index < -0.39 is 24.0 Å². The number of halogens is 2. The van der Waals surface area contributed by atoms with Crippen LogP contribution < -0.4 is 15.5 Å². The summed E-state index contributed by atoms with van der Waals surface area (Å²) in [6.45, 7) is 1.32. The molecule has 2 atom stereocenters. The minimum atomic E-state index is -1.12. The summed E-state index contributed by atoms with van der Waals surface area (Å²) in [4.78, 5) is 37.0. The monoisotopic (exact) mass is 415 g/mol. The zero-order chi connectivity index (χ0) is 19.8. The number of aliphatic carboxylic acids is 1. The Balaban J connectivity index is 2.00. The predicted octanol–water partition coefficient (Wildman–Crippen LogP) is 1.36. The van der Waals surface area contributed by atoms with Crippen molar-refractivity contribution >= 4 is 46.7 Å². The lowest BCUT2D eigenvalue weighted by Gasteiger charge is -2.23. The molecule has 0 radical (unpaired) electrons. The molecule has 0 aliphatic carbocycles. The normalized spacial score (nSPS) is 17.3. The molecule has 3 N–H and O–H groups in total. The van der Waals surface area contributed by atoms with Crippen molar-refractivity contribution in [2.45, 2.75) is 31.3 Å². The minimum absolute atomic E-state index is 0.146. The lowest BCUT2D eigenvalue weighted by atomic mass is 10.0. The second kappa shape index (κ2) is 10.4. The summed E-state index contributed by atoms with van der Waals surface area (Å²) in [5, 5.41) is 14.5. The summed E-state index contributed by atoms with van der Waals surface area (Å²) in [6, 6.07) is 5.68. The highest BCUT2D eigenvalue weighted by Crippen LogP contribution is 2.17. The van der Waals surface area contributed by atoms with Crippen molar-refractivity contribution in [2.75, 3.05) is 29.7 Å². The van der Waals surface area contributed by atoms with E-state index in [9.17, 15) is 19.5 Å². The third-order valence-corrected chi connectivity index (χ3v) is 4.71. The number of hydrogen-bond donors (Lipinski definition) is 3. The van der Waals surface area contributed by atoms with Crippen LogP contribution in [0.4, 0.5) is 5.69 Å². The molecule has 0 aromatic heterocycles. The van der Waals surface area contributed by atoms with Gasteiger partial charge >= 0.3 is 5.97 Å². The van der Waals surface area contributed by atoms with Crippen LogP contribution in [0.5, 0.6) is 0 Å². The van der Waals surface area contributed by atoms with E-state index in [0.29, 0.717) is 31.3 Å². The Labute approximate surface area is 168 Å². The molecule has 7 nitrogen and oxygen atoms in total. The average Bonchev–Trinajstić information content (AvgIpc) is 3.08. The smallest absolute Gasteiger partial charge is 0.326 e. The molecule has 0 bridgehead atoms. The van der Waals surface area contributed by atoms with Crippen LogP contribution in [-0.4, -0.2) is 59.8 Å². The fourth-order valence-corrected chi connectivity index (χ4v) is 3.34. The first-order valence-corrected chi connectivity index (χ1v) is 9.80. The Kier molecular flexibility index (Phi) is 8.19. The number of carboxylic acid groups (broad SMARTS) is 1. The van der Waals surface area contributed by atoms with Gasteiger partial charge in [-0.15, -0.1) is 23.2 Å². The van der Waals surface area contributed by atoms with E-state index in [2.05, 4.69) is 10.6 Å². The molecular formula is C18H23Cl2N3O4. The Hall–Kier alpha value is -1.99. The Morgan fingerprint density at radius 1 is 1.22 bits per heavy atom. The number of nitrogens with zero attached hydrogens (tertiary/aromatic N) is 1. The van der Waals surface area contributed by atoms with Crippen LogP contribution in [-0.2, 0) is 20.8 Å². The summed E-state index contributed by atoms with van der Waals surface area (Å²) >= 11 is 11.6. The number of carboxylic acids is 1. The molecule has 0 saturated carbocycles. The maximum atomic E-state index is 12.2. The molecular weight excluding hydrogens is 393 g/mol. The van der Waals surface area contributed by atoms with Crippen molar-refractivity contribution in [2.24, 2.45) is 0 Å².